The average molecular weight is 391 g/mol. The van der Waals surface area contributed by atoms with E-state index in [4.69, 9.17) is 0 Å². The first kappa shape index (κ1) is 17.2. The van der Waals surface area contributed by atoms with E-state index in [1.807, 2.05) is 6.07 Å². The van der Waals surface area contributed by atoms with Gasteiger partial charge in [-0.2, -0.15) is 0 Å². The van der Waals surface area contributed by atoms with Crippen LogP contribution in [0.2, 0.25) is 0 Å². The summed E-state index contributed by atoms with van der Waals surface area (Å²) in [5.74, 6) is 0.644. The summed E-state index contributed by atoms with van der Waals surface area (Å²) in [6.07, 6.45) is 5.00. The zero-order valence-corrected chi connectivity index (χ0v) is 14.4. The summed E-state index contributed by atoms with van der Waals surface area (Å²) in [6, 6.07) is 5.85. The number of guanidine groups is 1. The lowest BCUT2D eigenvalue weighted by molar-refractivity contribution is 0.608. The average Bonchev–Trinajstić information content (AvgIpc) is 2.91. The summed E-state index contributed by atoms with van der Waals surface area (Å²) in [6.45, 7) is 2.36. The van der Waals surface area contributed by atoms with E-state index in [2.05, 4.69) is 15.6 Å². The summed E-state index contributed by atoms with van der Waals surface area (Å²) in [4.78, 5) is 4.21. The lowest BCUT2D eigenvalue weighted by atomic mass is 10.1. The van der Waals surface area contributed by atoms with Gasteiger partial charge in [0, 0.05) is 19.6 Å². The molecule has 0 aromatic heterocycles. The van der Waals surface area contributed by atoms with Gasteiger partial charge in [0.25, 0.3) is 0 Å². The lowest BCUT2D eigenvalue weighted by Crippen LogP contribution is -2.41. The highest BCUT2D eigenvalue weighted by Gasteiger charge is 2.15. The van der Waals surface area contributed by atoms with Crippen LogP contribution >= 0.6 is 24.0 Å². The minimum atomic E-state index is -0.155. The molecule has 0 unspecified atom stereocenters. The number of rotatable bonds is 3. The molecule has 0 aliphatic heterocycles. The lowest BCUT2D eigenvalue weighted by Gasteiger charge is -2.17. The summed E-state index contributed by atoms with van der Waals surface area (Å²) >= 11 is 0. The quantitative estimate of drug-likeness (QED) is 0.471. The number of halogens is 2. The molecule has 20 heavy (non-hydrogen) atoms. The third kappa shape index (κ3) is 4.92. The second-order valence-electron chi connectivity index (χ2n) is 5.14. The van der Waals surface area contributed by atoms with Crippen molar-refractivity contribution in [2.45, 2.75) is 45.2 Å². The molecule has 1 aliphatic rings. The van der Waals surface area contributed by atoms with E-state index in [-0.39, 0.29) is 29.8 Å². The van der Waals surface area contributed by atoms with Crippen molar-refractivity contribution in [3.05, 3.63) is 35.1 Å². The fraction of sp³-hybridized carbons (Fsp3) is 0.533. The molecule has 3 nitrogen and oxygen atoms in total. The SMILES string of the molecule is CN=C(NCc1ccc(C)c(F)c1)NC1CCCC1.I. The molecular weight excluding hydrogens is 368 g/mol. The summed E-state index contributed by atoms with van der Waals surface area (Å²) in [5, 5.41) is 6.64. The predicted octanol–water partition coefficient (Wildman–Crippen LogP) is 3.36. The van der Waals surface area contributed by atoms with E-state index in [9.17, 15) is 4.39 Å². The second-order valence-corrected chi connectivity index (χ2v) is 5.14. The molecule has 1 aromatic carbocycles. The third-order valence-corrected chi connectivity index (χ3v) is 3.62. The van der Waals surface area contributed by atoms with Crippen LogP contribution in [0.1, 0.15) is 36.8 Å². The van der Waals surface area contributed by atoms with E-state index in [1.165, 1.54) is 25.7 Å². The first-order valence-electron chi connectivity index (χ1n) is 6.91. The smallest absolute Gasteiger partial charge is 0.191 e. The van der Waals surface area contributed by atoms with Crippen LogP contribution in [0.4, 0.5) is 4.39 Å². The molecule has 0 amide bonds. The molecule has 5 heteroatoms. The standard InChI is InChI=1S/C15H22FN3.HI/c1-11-7-8-12(9-14(11)16)10-18-15(17-2)19-13-5-3-4-6-13;/h7-9,13H,3-6,10H2,1-2H3,(H2,17,18,19);1H. The highest BCUT2D eigenvalue weighted by Crippen LogP contribution is 2.17. The molecule has 2 rings (SSSR count). The number of hydrogen-bond acceptors (Lipinski definition) is 1. The van der Waals surface area contributed by atoms with Crippen molar-refractivity contribution in [1.82, 2.24) is 10.6 Å². The topological polar surface area (TPSA) is 36.4 Å². The van der Waals surface area contributed by atoms with Crippen LogP contribution < -0.4 is 10.6 Å². The fourth-order valence-electron chi connectivity index (χ4n) is 2.39. The molecule has 0 atom stereocenters. The Kier molecular flexibility index (Phi) is 7.26. The minimum absolute atomic E-state index is 0. The van der Waals surface area contributed by atoms with Gasteiger partial charge in [-0.3, -0.25) is 4.99 Å². The Morgan fingerprint density at radius 3 is 2.65 bits per heavy atom. The first-order valence-corrected chi connectivity index (χ1v) is 6.91. The number of nitrogens with one attached hydrogen (secondary N) is 2. The Bertz CT molecular complexity index is 456. The monoisotopic (exact) mass is 391 g/mol. The molecule has 112 valence electrons. The molecule has 1 saturated carbocycles. The molecule has 0 bridgehead atoms. The molecule has 1 aromatic rings. The highest BCUT2D eigenvalue weighted by atomic mass is 127. The van der Waals surface area contributed by atoms with Gasteiger partial charge in [-0.15, -0.1) is 24.0 Å². The van der Waals surface area contributed by atoms with Crippen molar-refractivity contribution < 1.29 is 4.39 Å². The van der Waals surface area contributed by atoms with Crippen LogP contribution in [0.3, 0.4) is 0 Å². The maximum atomic E-state index is 13.4. The number of aryl methyl sites for hydroxylation is 1. The number of hydrogen-bond donors (Lipinski definition) is 2. The van der Waals surface area contributed by atoms with Gasteiger partial charge in [0.2, 0.25) is 0 Å². The zero-order chi connectivity index (χ0) is 13.7. The molecular formula is C15H23FIN3. The summed E-state index contributed by atoms with van der Waals surface area (Å²) in [5.41, 5.74) is 1.61. The van der Waals surface area contributed by atoms with Gasteiger partial charge in [0.1, 0.15) is 5.82 Å². The van der Waals surface area contributed by atoms with Gasteiger partial charge in [-0.05, 0) is 37.0 Å². The minimum Gasteiger partial charge on any atom is -0.354 e. The molecule has 0 saturated heterocycles. The molecule has 2 N–H and O–H groups in total. The van der Waals surface area contributed by atoms with Crippen molar-refractivity contribution in [2.24, 2.45) is 4.99 Å². The Morgan fingerprint density at radius 1 is 1.35 bits per heavy atom. The van der Waals surface area contributed by atoms with Crippen molar-refractivity contribution in [1.29, 1.82) is 0 Å². The normalized spacial score (nSPS) is 15.8. The predicted molar refractivity (Wildman–Crippen MR) is 92.1 cm³/mol. The van der Waals surface area contributed by atoms with Crippen molar-refractivity contribution in [3.8, 4) is 0 Å². The highest BCUT2D eigenvalue weighted by molar-refractivity contribution is 14.0. The van der Waals surface area contributed by atoms with E-state index in [0.29, 0.717) is 18.2 Å². The van der Waals surface area contributed by atoms with Crippen molar-refractivity contribution >= 4 is 29.9 Å². The van der Waals surface area contributed by atoms with Crippen LogP contribution in [0, 0.1) is 12.7 Å². The zero-order valence-electron chi connectivity index (χ0n) is 12.1. The van der Waals surface area contributed by atoms with Crippen LogP contribution in [-0.2, 0) is 6.54 Å². The van der Waals surface area contributed by atoms with Gasteiger partial charge in [0.15, 0.2) is 5.96 Å². The van der Waals surface area contributed by atoms with Crippen molar-refractivity contribution in [2.75, 3.05) is 7.05 Å². The second kappa shape index (κ2) is 8.44. The van der Waals surface area contributed by atoms with E-state index < -0.39 is 0 Å². The Hall–Kier alpha value is -0.850. The van der Waals surface area contributed by atoms with Gasteiger partial charge in [0.05, 0.1) is 0 Å². The van der Waals surface area contributed by atoms with Gasteiger partial charge in [-0.25, -0.2) is 4.39 Å². The Labute approximate surface area is 137 Å². The molecule has 0 heterocycles. The maximum Gasteiger partial charge on any atom is 0.191 e. The molecule has 0 radical (unpaired) electrons. The molecule has 1 aliphatic carbocycles. The Morgan fingerprint density at radius 2 is 2.05 bits per heavy atom. The van der Waals surface area contributed by atoms with E-state index in [1.54, 1.807) is 26.1 Å². The summed E-state index contributed by atoms with van der Waals surface area (Å²) in [7, 11) is 1.76. The third-order valence-electron chi connectivity index (χ3n) is 3.62. The van der Waals surface area contributed by atoms with Crippen molar-refractivity contribution in [3.63, 3.8) is 0 Å². The Balaban J connectivity index is 0.00000200. The number of benzene rings is 1. The fourth-order valence-corrected chi connectivity index (χ4v) is 2.39. The first-order chi connectivity index (χ1) is 9.19. The van der Waals surface area contributed by atoms with Crippen LogP contribution in [0.25, 0.3) is 0 Å². The molecule has 1 fully saturated rings. The summed E-state index contributed by atoms with van der Waals surface area (Å²) < 4.78 is 13.4. The van der Waals surface area contributed by atoms with E-state index in [0.717, 1.165) is 11.5 Å². The van der Waals surface area contributed by atoms with Crippen LogP contribution in [-0.4, -0.2) is 19.0 Å². The van der Waals surface area contributed by atoms with Crippen LogP contribution in [0.5, 0.6) is 0 Å². The molecule has 0 spiro atoms. The maximum absolute atomic E-state index is 13.4. The van der Waals surface area contributed by atoms with Gasteiger partial charge >= 0.3 is 0 Å². The largest absolute Gasteiger partial charge is 0.354 e. The van der Waals surface area contributed by atoms with Gasteiger partial charge < -0.3 is 10.6 Å². The van der Waals surface area contributed by atoms with Gasteiger partial charge in [-0.1, -0.05) is 25.0 Å². The van der Waals surface area contributed by atoms with Crippen LogP contribution in [0.15, 0.2) is 23.2 Å². The number of aliphatic imine (C=N–C) groups is 1. The van der Waals surface area contributed by atoms with E-state index >= 15 is 0 Å². The number of nitrogens with zero attached hydrogens (tertiary/aromatic N) is 1.